The van der Waals surface area contributed by atoms with E-state index in [1.807, 2.05) is 50.2 Å². The van der Waals surface area contributed by atoms with Crippen molar-refractivity contribution in [1.29, 1.82) is 0 Å². The second-order valence-corrected chi connectivity index (χ2v) is 12.3. The molecule has 5 rings (SSSR count). The molecule has 0 saturated heterocycles. The molecule has 0 bridgehead atoms. The van der Waals surface area contributed by atoms with E-state index < -0.39 is 15.9 Å². The number of sulfonamides is 1. The van der Waals surface area contributed by atoms with Crippen molar-refractivity contribution in [3.05, 3.63) is 117 Å². The minimum atomic E-state index is -4.17. The van der Waals surface area contributed by atoms with Crippen molar-refractivity contribution in [3.63, 3.8) is 0 Å². The first-order chi connectivity index (χ1) is 20.1. The Morgan fingerprint density at radius 3 is 2.21 bits per heavy atom. The van der Waals surface area contributed by atoms with Gasteiger partial charge in [-0.3, -0.25) is 4.79 Å². The van der Waals surface area contributed by atoms with Crippen LogP contribution in [0.15, 0.2) is 89.8 Å². The van der Waals surface area contributed by atoms with Gasteiger partial charge in [0.1, 0.15) is 22.9 Å². The Balaban J connectivity index is 1.31. The third-order valence-electron chi connectivity index (χ3n) is 6.69. The van der Waals surface area contributed by atoms with Crippen molar-refractivity contribution >= 4 is 50.0 Å². The summed E-state index contributed by atoms with van der Waals surface area (Å²) >= 11 is 12.4. The summed E-state index contributed by atoms with van der Waals surface area (Å²) in [6.45, 7) is 4.23. The summed E-state index contributed by atoms with van der Waals surface area (Å²) in [5, 5.41) is 1.98. The Bertz CT molecular complexity index is 1830. The molecule has 0 spiro atoms. The van der Waals surface area contributed by atoms with Crippen LogP contribution in [-0.4, -0.2) is 25.9 Å². The van der Waals surface area contributed by atoms with Crippen molar-refractivity contribution in [1.82, 2.24) is 9.71 Å². The molecule has 0 fully saturated rings. The molecule has 2 N–H and O–H groups in total. The molecule has 0 radical (unpaired) electrons. The van der Waals surface area contributed by atoms with Crippen LogP contribution in [0.5, 0.6) is 17.2 Å². The Morgan fingerprint density at radius 2 is 1.52 bits per heavy atom. The number of carbonyl (C=O) groups excluding carboxylic acids is 1. The fourth-order valence-corrected chi connectivity index (χ4v) is 5.89. The number of benzene rings is 4. The van der Waals surface area contributed by atoms with Crippen molar-refractivity contribution in [2.24, 2.45) is 0 Å². The molecule has 0 aliphatic rings. The number of para-hydroxylation sites is 1. The van der Waals surface area contributed by atoms with Crippen LogP contribution >= 0.6 is 23.2 Å². The maximum Gasteiger partial charge on any atom is 0.281 e. The maximum atomic E-state index is 13.4. The SMILES string of the molecule is Cc1cc(OCCCc2c(C(=O)NS(=O)(=O)c3ccc(Oc4ccccc4)cc3)[nH]c3cc(Cl)ccc23)cc(C)c1Cl. The zero-order chi connectivity index (χ0) is 29.9. The van der Waals surface area contributed by atoms with Gasteiger partial charge in [0, 0.05) is 20.9 Å². The highest BCUT2D eigenvalue weighted by Gasteiger charge is 2.24. The Labute approximate surface area is 254 Å². The Hall–Kier alpha value is -3.98. The van der Waals surface area contributed by atoms with E-state index in [0.29, 0.717) is 57.8 Å². The number of aryl methyl sites for hydroxylation is 3. The number of amides is 1. The second kappa shape index (κ2) is 12.5. The minimum Gasteiger partial charge on any atom is -0.494 e. The lowest BCUT2D eigenvalue weighted by Gasteiger charge is -2.11. The average Bonchev–Trinajstić information content (AvgIpc) is 3.32. The van der Waals surface area contributed by atoms with Crippen LogP contribution < -0.4 is 14.2 Å². The molecule has 0 unspecified atom stereocenters. The van der Waals surface area contributed by atoms with Crippen molar-refractivity contribution < 1.29 is 22.7 Å². The van der Waals surface area contributed by atoms with Gasteiger partial charge in [-0.1, -0.05) is 47.5 Å². The van der Waals surface area contributed by atoms with Crippen molar-refractivity contribution in [2.45, 2.75) is 31.6 Å². The summed E-state index contributed by atoms with van der Waals surface area (Å²) < 4.78 is 40.1. The van der Waals surface area contributed by atoms with Gasteiger partial charge in [0.2, 0.25) is 0 Å². The number of nitrogens with one attached hydrogen (secondary N) is 2. The van der Waals surface area contributed by atoms with Crippen LogP contribution in [0.4, 0.5) is 0 Å². The molecule has 0 aliphatic heterocycles. The Morgan fingerprint density at radius 1 is 0.857 bits per heavy atom. The molecule has 10 heteroatoms. The first-order valence-corrected chi connectivity index (χ1v) is 15.4. The molecule has 0 atom stereocenters. The highest BCUT2D eigenvalue weighted by Crippen LogP contribution is 2.29. The lowest BCUT2D eigenvalue weighted by Crippen LogP contribution is -2.31. The highest BCUT2D eigenvalue weighted by atomic mass is 35.5. The lowest BCUT2D eigenvalue weighted by atomic mass is 10.1. The average molecular weight is 624 g/mol. The number of halogens is 2. The van der Waals surface area contributed by atoms with Crippen LogP contribution in [0, 0.1) is 13.8 Å². The second-order valence-electron chi connectivity index (χ2n) is 9.81. The van der Waals surface area contributed by atoms with Gasteiger partial charge in [-0.25, -0.2) is 13.1 Å². The number of hydrogen-bond donors (Lipinski definition) is 2. The van der Waals surface area contributed by atoms with E-state index in [0.717, 1.165) is 16.5 Å². The fourth-order valence-electron chi connectivity index (χ4n) is 4.65. The van der Waals surface area contributed by atoms with Crippen molar-refractivity contribution in [3.8, 4) is 17.2 Å². The molecule has 4 aromatic carbocycles. The molecule has 0 saturated carbocycles. The standard InChI is InChI=1S/C32H28Cl2N2O5S/c1-20-17-25(18-21(2)30(20)34)40-16-6-9-28-27-15-10-22(33)19-29(27)35-31(28)32(37)36-42(38,39)26-13-11-24(12-14-26)41-23-7-4-3-5-8-23/h3-5,7-8,10-15,17-19,35H,6,9,16H2,1-2H3,(H,36,37). The normalized spacial score (nSPS) is 11.4. The third-order valence-corrected chi connectivity index (χ3v) is 8.86. The monoisotopic (exact) mass is 622 g/mol. The first-order valence-electron chi connectivity index (χ1n) is 13.2. The molecular weight excluding hydrogens is 595 g/mol. The zero-order valence-corrected chi connectivity index (χ0v) is 25.2. The van der Waals surface area contributed by atoms with Crippen LogP contribution in [0.1, 0.15) is 33.6 Å². The summed E-state index contributed by atoms with van der Waals surface area (Å²) in [5.74, 6) is 1.03. The lowest BCUT2D eigenvalue weighted by molar-refractivity contribution is 0.0976. The van der Waals surface area contributed by atoms with E-state index >= 15 is 0 Å². The number of H-pyrrole nitrogens is 1. The molecule has 216 valence electrons. The van der Waals surface area contributed by atoms with Gasteiger partial charge in [0.25, 0.3) is 15.9 Å². The number of carbonyl (C=O) groups is 1. The molecule has 1 heterocycles. The van der Waals surface area contributed by atoms with E-state index in [-0.39, 0.29) is 10.6 Å². The maximum absolute atomic E-state index is 13.4. The third kappa shape index (κ3) is 6.73. The quantitative estimate of drug-likeness (QED) is 0.154. The predicted octanol–water partition coefficient (Wildman–Crippen LogP) is 8.01. The minimum absolute atomic E-state index is 0.0704. The molecule has 7 nitrogen and oxygen atoms in total. The first kappa shape index (κ1) is 29.5. The topological polar surface area (TPSA) is 97.5 Å². The summed E-state index contributed by atoms with van der Waals surface area (Å²) in [6.07, 6.45) is 1.04. The van der Waals surface area contributed by atoms with Crippen LogP contribution in [0.3, 0.4) is 0 Å². The summed E-state index contributed by atoms with van der Waals surface area (Å²) in [5.41, 5.74) is 3.32. The molecule has 1 aromatic heterocycles. The highest BCUT2D eigenvalue weighted by molar-refractivity contribution is 7.90. The number of aromatic nitrogens is 1. The van der Waals surface area contributed by atoms with Gasteiger partial charge in [0.15, 0.2) is 0 Å². The van der Waals surface area contributed by atoms with E-state index in [2.05, 4.69) is 9.71 Å². The van der Waals surface area contributed by atoms with E-state index in [4.69, 9.17) is 32.7 Å². The van der Waals surface area contributed by atoms with Crippen LogP contribution in [-0.2, 0) is 16.4 Å². The number of rotatable bonds is 10. The Kier molecular flexibility index (Phi) is 8.77. The molecule has 42 heavy (non-hydrogen) atoms. The zero-order valence-electron chi connectivity index (χ0n) is 22.9. The van der Waals surface area contributed by atoms with E-state index in [9.17, 15) is 13.2 Å². The number of aromatic amines is 1. The molecule has 0 aliphatic carbocycles. The summed E-state index contributed by atoms with van der Waals surface area (Å²) in [7, 11) is -4.17. The smallest absolute Gasteiger partial charge is 0.281 e. The van der Waals surface area contributed by atoms with E-state index in [1.165, 1.54) is 24.3 Å². The summed E-state index contributed by atoms with van der Waals surface area (Å²) in [6, 6.07) is 24.0. The number of hydrogen-bond acceptors (Lipinski definition) is 5. The van der Waals surface area contributed by atoms with Gasteiger partial charge >= 0.3 is 0 Å². The van der Waals surface area contributed by atoms with Crippen LogP contribution in [0.2, 0.25) is 10.0 Å². The van der Waals surface area contributed by atoms with Gasteiger partial charge in [-0.05, 0) is 104 Å². The van der Waals surface area contributed by atoms with Crippen LogP contribution in [0.25, 0.3) is 10.9 Å². The largest absolute Gasteiger partial charge is 0.494 e. The number of ether oxygens (including phenoxy) is 2. The molecule has 1 amide bonds. The van der Waals surface area contributed by atoms with Gasteiger partial charge < -0.3 is 14.5 Å². The molecule has 5 aromatic rings. The number of fused-ring (bicyclic) bond motifs is 1. The van der Waals surface area contributed by atoms with Crippen molar-refractivity contribution in [2.75, 3.05) is 6.61 Å². The van der Waals surface area contributed by atoms with Gasteiger partial charge in [-0.15, -0.1) is 0 Å². The van der Waals surface area contributed by atoms with Gasteiger partial charge in [0.05, 0.1) is 11.5 Å². The summed E-state index contributed by atoms with van der Waals surface area (Å²) in [4.78, 5) is 16.3. The fraction of sp³-hybridized carbons (Fsp3) is 0.156. The molecular formula is C32H28Cl2N2O5S. The van der Waals surface area contributed by atoms with Gasteiger partial charge in [-0.2, -0.15) is 0 Å². The predicted molar refractivity (Wildman–Crippen MR) is 166 cm³/mol. The van der Waals surface area contributed by atoms with E-state index in [1.54, 1.807) is 24.3 Å².